The molecule has 1 unspecified atom stereocenters. The van der Waals surface area contributed by atoms with Crippen LogP contribution in [-0.4, -0.2) is 34.9 Å². The molecular formula is C13H17ClN2O3. The smallest absolute Gasteiger partial charge is 0.410 e. The summed E-state index contributed by atoms with van der Waals surface area (Å²) in [6.45, 7) is 5.29. The maximum absolute atomic E-state index is 11.9. The highest BCUT2D eigenvalue weighted by atomic mass is 35.5. The molecule has 0 aliphatic rings. The summed E-state index contributed by atoms with van der Waals surface area (Å²) in [7, 11) is 1.50. The van der Waals surface area contributed by atoms with Crippen LogP contribution < -0.4 is 0 Å². The Kier molecular flexibility index (Phi) is 4.89. The molecule has 5 nitrogen and oxygen atoms in total. The molecule has 104 valence electrons. The molecule has 0 aliphatic heterocycles. The molecule has 1 heterocycles. The Bertz CT molecular complexity index is 454. The number of aldehydes is 1. The van der Waals surface area contributed by atoms with Gasteiger partial charge in [0.25, 0.3) is 0 Å². The number of amides is 1. The van der Waals surface area contributed by atoms with E-state index in [9.17, 15) is 9.59 Å². The van der Waals surface area contributed by atoms with Crippen molar-refractivity contribution in [2.45, 2.75) is 32.4 Å². The van der Waals surface area contributed by atoms with E-state index in [-0.39, 0.29) is 0 Å². The molecule has 0 spiro atoms. The van der Waals surface area contributed by atoms with Gasteiger partial charge in [-0.25, -0.2) is 9.78 Å². The Morgan fingerprint density at radius 1 is 1.47 bits per heavy atom. The molecule has 1 aromatic rings. The maximum Gasteiger partial charge on any atom is 0.410 e. The number of nitrogens with zero attached hydrogens (tertiary/aromatic N) is 2. The van der Waals surface area contributed by atoms with Crippen LogP contribution in [0, 0.1) is 0 Å². The minimum Gasteiger partial charge on any atom is -0.444 e. The van der Waals surface area contributed by atoms with Crippen LogP contribution in [0.5, 0.6) is 0 Å². The van der Waals surface area contributed by atoms with Crippen LogP contribution in [0.15, 0.2) is 18.3 Å². The number of aromatic nitrogens is 1. The number of ether oxygens (including phenoxy) is 1. The Hall–Kier alpha value is -1.62. The van der Waals surface area contributed by atoms with Crippen molar-refractivity contribution in [3.05, 3.63) is 29.0 Å². The summed E-state index contributed by atoms with van der Waals surface area (Å²) in [5, 5.41) is 0.327. The fraction of sp³-hybridized carbons (Fsp3) is 0.462. The van der Waals surface area contributed by atoms with Crippen molar-refractivity contribution in [1.29, 1.82) is 0 Å². The first-order chi connectivity index (χ1) is 8.74. The zero-order chi connectivity index (χ0) is 14.6. The summed E-state index contributed by atoms with van der Waals surface area (Å²) in [4.78, 5) is 28.2. The van der Waals surface area contributed by atoms with Crippen molar-refractivity contribution in [2.75, 3.05) is 7.05 Å². The summed E-state index contributed by atoms with van der Waals surface area (Å²) in [6.07, 6.45) is 1.55. The normalized spacial score (nSPS) is 12.7. The van der Waals surface area contributed by atoms with Crippen molar-refractivity contribution in [2.24, 2.45) is 0 Å². The van der Waals surface area contributed by atoms with Crippen LogP contribution in [0.4, 0.5) is 4.79 Å². The average molecular weight is 285 g/mol. The third-order valence-electron chi connectivity index (χ3n) is 2.32. The lowest BCUT2D eigenvalue weighted by molar-refractivity contribution is -0.112. The first kappa shape index (κ1) is 15.4. The summed E-state index contributed by atoms with van der Waals surface area (Å²) in [5.74, 6) is 0. The predicted molar refractivity (Wildman–Crippen MR) is 72.0 cm³/mol. The topological polar surface area (TPSA) is 59.5 Å². The largest absolute Gasteiger partial charge is 0.444 e. The van der Waals surface area contributed by atoms with Crippen molar-refractivity contribution < 1.29 is 14.3 Å². The second kappa shape index (κ2) is 6.02. The summed E-state index contributed by atoms with van der Waals surface area (Å²) >= 11 is 5.68. The highest BCUT2D eigenvalue weighted by molar-refractivity contribution is 6.29. The highest BCUT2D eigenvalue weighted by Crippen LogP contribution is 2.20. The molecule has 1 aromatic heterocycles. The van der Waals surface area contributed by atoms with Gasteiger partial charge in [-0.05, 0) is 26.8 Å². The first-order valence-electron chi connectivity index (χ1n) is 5.77. The fourth-order valence-electron chi connectivity index (χ4n) is 1.40. The SMILES string of the molecule is CN(C(=O)OC(C)(C)C)C(C=O)c1ccc(Cl)nc1. The minimum absolute atomic E-state index is 0.327. The molecule has 6 heteroatoms. The summed E-state index contributed by atoms with van der Waals surface area (Å²) in [6, 6.07) is 2.46. The number of halogens is 1. The van der Waals surface area contributed by atoms with Gasteiger partial charge in [0.15, 0.2) is 0 Å². The van der Waals surface area contributed by atoms with Gasteiger partial charge in [0.2, 0.25) is 0 Å². The van der Waals surface area contributed by atoms with E-state index in [1.54, 1.807) is 32.9 Å². The van der Waals surface area contributed by atoms with Gasteiger partial charge in [-0.3, -0.25) is 4.90 Å². The molecule has 0 radical (unpaired) electrons. The molecule has 1 atom stereocenters. The Morgan fingerprint density at radius 3 is 2.53 bits per heavy atom. The highest BCUT2D eigenvalue weighted by Gasteiger charge is 2.26. The average Bonchev–Trinajstić information content (AvgIpc) is 2.30. The number of pyridine rings is 1. The Labute approximate surface area is 117 Å². The van der Waals surface area contributed by atoms with Crippen molar-refractivity contribution in [3.63, 3.8) is 0 Å². The zero-order valence-electron chi connectivity index (χ0n) is 11.4. The molecule has 0 bridgehead atoms. The lowest BCUT2D eigenvalue weighted by Gasteiger charge is -2.28. The van der Waals surface area contributed by atoms with Gasteiger partial charge in [0.1, 0.15) is 23.1 Å². The van der Waals surface area contributed by atoms with Gasteiger partial charge in [-0.15, -0.1) is 0 Å². The number of likely N-dealkylation sites (N-methyl/N-ethyl adjacent to an activating group) is 1. The van der Waals surface area contributed by atoms with Crippen LogP contribution in [0.2, 0.25) is 5.15 Å². The molecular weight excluding hydrogens is 268 g/mol. The minimum atomic E-state index is -0.750. The Balaban J connectivity index is 2.88. The third-order valence-corrected chi connectivity index (χ3v) is 2.54. The van der Waals surface area contributed by atoms with Gasteiger partial charge in [-0.2, -0.15) is 0 Å². The molecule has 0 saturated heterocycles. The lowest BCUT2D eigenvalue weighted by Crippen LogP contribution is -2.37. The van der Waals surface area contributed by atoms with Crippen LogP contribution in [0.1, 0.15) is 32.4 Å². The summed E-state index contributed by atoms with van der Waals surface area (Å²) in [5.41, 5.74) is -0.0374. The van der Waals surface area contributed by atoms with Crippen LogP contribution in [-0.2, 0) is 9.53 Å². The molecule has 1 amide bonds. The number of rotatable bonds is 3. The van der Waals surface area contributed by atoms with E-state index in [1.165, 1.54) is 18.1 Å². The van der Waals surface area contributed by atoms with Gasteiger partial charge >= 0.3 is 6.09 Å². The van der Waals surface area contributed by atoms with E-state index in [2.05, 4.69) is 4.98 Å². The number of carbonyl (C=O) groups excluding carboxylic acids is 2. The quantitative estimate of drug-likeness (QED) is 0.632. The van der Waals surface area contributed by atoms with E-state index in [0.717, 1.165) is 0 Å². The van der Waals surface area contributed by atoms with Crippen LogP contribution >= 0.6 is 11.6 Å². The lowest BCUT2D eigenvalue weighted by atomic mass is 10.1. The van der Waals surface area contributed by atoms with Crippen LogP contribution in [0.3, 0.4) is 0 Å². The molecule has 0 aliphatic carbocycles. The van der Waals surface area contributed by atoms with Crippen molar-refractivity contribution in [1.82, 2.24) is 9.88 Å². The number of hydrogen-bond acceptors (Lipinski definition) is 4. The van der Waals surface area contributed by atoms with E-state index in [1.807, 2.05) is 0 Å². The molecule has 0 saturated carbocycles. The Morgan fingerprint density at radius 2 is 2.11 bits per heavy atom. The predicted octanol–water partition coefficient (Wildman–Crippen LogP) is 2.84. The zero-order valence-corrected chi connectivity index (χ0v) is 12.1. The molecule has 19 heavy (non-hydrogen) atoms. The van der Waals surface area contributed by atoms with Crippen molar-refractivity contribution in [3.8, 4) is 0 Å². The van der Waals surface area contributed by atoms with E-state index in [0.29, 0.717) is 17.0 Å². The fourth-order valence-corrected chi connectivity index (χ4v) is 1.51. The van der Waals surface area contributed by atoms with Gasteiger partial charge < -0.3 is 9.53 Å². The first-order valence-corrected chi connectivity index (χ1v) is 6.15. The molecule has 0 aromatic carbocycles. The number of hydrogen-bond donors (Lipinski definition) is 0. The van der Waals surface area contributed by atoms with Crippen molar-refractivity contribution >= 4 is 24.0 Å². The second-order valence-corrected chi connectivity index (χ2v) is 5.47. The van der Waals surface area contributed by atoms with E-state index in [4.69, 9.17) is 16.3 Å². The van der Waals surface area contributed by atoms with Gasteiger partial charge in [-0.1, -0.05) is 17.7 Å². The van der Waals surface area contributed by atoms with Gasteiger partial charge in [0.05, 0.1) is 0 Å². The standard InChI is InChI=1S/C13H17ClN2O3/c1-13(2,3)19-12(18)16(4)10(8-17)9-5-6-11(14)15-7-9/h5-8,10H,1-4H3. The molecule has 0 fully saturated rings. The van der Waals surface area contributed by atoms with E-state index >= 15 is 0 Å². The number of carbonyl (C=O) groups is 2. The molecule has 0 N–H and O–H groups in total. The maximum atomic E-state index is 11.9. The van der Waals surface area contributed by atoms with E-state index < -0.39 is 17.7 Å². The van der Waals surface area contributed by atoms with Crippen LogP contribution in [0.25, 0.3) is 0 Å². The molecule has 1 rings (SSSR count). The third kappa shape index (κ3) is 4.52. The summed E-state index contributed by atoms with van der Waals surface area (Å²) < 4.78 is 5.21. The van der Waals surface area contributed by atoms with Gasteiger partial charge in [0, 0.05) is 18.8 Å². The monoisotopic (exact) mass is 284 g/mol. The second-order valence-electron chi connectivity index (χ2n) is 5.09.